The number of amides is 1. The van der Waals surface area contributed by atoms with Gasteiger partial charge in [0.05, 0.1) is 13.2 Å². The van der Waals surface area contributed by atoms with E-state index in [0.29, 0.717) is 6.04 Å². The van der Waals surface area contributed by atoms with Crippen LogP contribution in [0.25, 0.3) is 0 Å². The van der Waals surface area contributed by atoms with E-state index in [1.165, 1.54) is 5.56 Å². The monoisotopic (exact) mass is 317 g/mol. The van der Waals surface area contributed by atoms with E-state index in [0.717, 1.165) is 64.3 Å². The lowest BCUT2D eigenvalue weighted by Crippen LogP contribution is -2.43. The van der Waals surface area contributed by atoms with Gasteiger partial charge in [0.15, 0.2) is 0 Å². The summed E-state index contributed by atoms with van der Waals surface area (Å²) in [5.74, 6) is 0.0587. The highest BCUT2D eigenvalue weighted by atomic mass is 16.5. The van der Waals surface area contributed by atoms with E-state index >= 15 is 0 Å². The number of piperidine rings is 1. The summed E-state index contributed by atoms with van der Waals surface area (Å²) < 4.78 is 5.38. The largest absolute Gasteiger partial charge is 0.379 e. The van der Waals surface area contributed by atoms with Crippen molar-refractivity contribution in [3.63, 3.8) is 0 Å². The molecule has 0 atom stereocenters. The Balaban J connectivity index is 1.56. The summed E-state index contributed by atoms with van der Waals surface area (Å²) in [6, 6.07) is 8.33. The van der Waals surface area contributed by atoms with Crippen molar-refractivity contribution in [3.8, 4) is 0 Å². The third-order valence-electron chi connectivity index (χ3n) is 4.75. The molecule has 5 heteroatoms. The molecule has 2 heterocycles. The van der Waals surface area contributed by atoms with E-state index in [1.807, 2.05) is 18.2 Å². The minimum absolute atomic E-state index is 0.0587. The van der Waals surface area contributed by atoms with Gasteiger partial charge in [-0.25, -0.2) is 0 Å². The molecule has 0 aliphatic carbocycles. The van der Waals surface area contributed by atoms with Gasteiger partial charge in [-0.1, -0.05) is 12.1 Å². The molecule has 2 aliphatic heterocycles. The predicted octanol–water partition coefficient (Wildman–Crippen LogP) is 1.34. The first-order chi connectivity index (χ1) is 11.2. The molecule has 0 saturated carbocycles. The summed E-state index contributed by atoms with van der Waals surface area (Å²) in [7, 11) is 2.13. The van der Waals surface area contributed by atoms with Crippen molar-refractivity contribution in [1.29, 1.82) is 0 Å². The highest BCUT2D eigenvalue weighted by Crippen LogP contribution is 2.12. The van der Waals surface area contributed by atoms with Crippen LogP contribution in [0.2, 0.25) is 0 Å². The van der Waals surface area contributed by atoms with E-state index < -0.39 is 0 Å². The Morgan fingerprint density at radius 3 is 2.70 bits per heavy atom. The van der Waals surface area contributed by atoms with Gasteiger partial charge in [0.1, 0.15) is 0 Å². The van der Waals surface area contributed by atoms with E-state index in [-0.39, 0.29) is 5.91 Å². The van der Waals surface area contributed by atoms with E-state index in [1.54, 1.807) is 0 Å². The third kappa shape index (κ3) is 4.77. The molecule has 23 heavy (non-hydrogen) atoms. The fourth-order valence-electron chi connectivity index (χ4n) is 3.25. The van der Waals surface area contributed by atoms with Crippen LogP contribution in [0.5, 0.6) is 0 Å². The van der Waals surface area contributed by atoms with Gasteiger partial charge < -0.3 is 15.0 Å². The molecule has 2 fully saturated rings. The molecule has 1 aromatic rings. The molecule has 0 unspecified atom stereocenters. The summed E-state index contributed by atoms with van der Waals surface area (Å²) in [5, 5.41) is 3.19. The van der Waals surface area contributed by atoms with Crippen molar-refractivity contribution >= 4 is 5.91 Å². The number of nitrogens with one attached hydrogen (secondary N) is 1. The Bertz CT molecular complexity index is 521. The zero-order chi connectivity index (χ0) is 16.1. The zero-order valence-electron chi connectivity index (χ0n) is 14.0. The predicted molar refractivity (Wildman–Crippen MR) is 90.5 cm³/mol. The van der Waals surface area contributed by atoms with Crippen LogP contribution >= 0.6 is 0 Å². The number of likely N-dealkylation sites (tertiary alicyclic amines) is 1. The van der Waals surface area contributed by atoms with Crippen LogP contribution in [0.1, 0.15) is 28.8 Å². The van der Waals surface area contributed by atoms with Crippen molar-refractivity contribution in [2.24, 2.45) is 0 Å². The Morgan fingerprint density at radius 2 is 1.96 bits per heavy atom. The van der Waals surface area contributed by atoms with Gasteiger partial charge in [-0.15, -0.1) is 0 Å². The Morgan fingerprint density at radius 1 is 1.22 bits per heavy atom. The van der Waals surface area contributed by atoms with E-state index in [9.17, 15) is 4.79 Å². The van der Waals surface area contributed by atoms with Crippen molar-refractivity contribution in [3.05, 3.63) is 35.4 Å². The lowest BCUT2D eigenvalue weighted by Gasteiger charge is -2.29. The number of nitrogens with zero attached hydrogens (tertiary/aromatic N) is 2. The van der Waals surface area contributed by atoms with Crippen molar-refractivity contribution < 1.29 is 9.53 Å². The van der Waals surface area contributed by atoms with Gasteiger partial charge in [0.2, 0.25) is 0 Å². The van der Waals surface area contributed by atoms with Crippen LogP contribution in [0.4, 0.5) is 0 Å². The SMILES string of the molecule is CN1CCC(NC(=O)c2cccc(CN3CCOCC3)c2)CC1. The lowest BCUT2D eigenvalue weighted by atomic mass is 10.0. The first-order valence-electron chi connectivity index (χ1n) is 8.59. The Labute approximate surface area is 138 Å². The second kappa shape index (κ2) is 7.90. The van der Waals surface area contributed by atoms with Gasteiger partial charge in [0.25, 0.3) is 5.91 Å². The molecule has 0 aromatic heterocycles. The summed E-state index contributed by atoms with van der Waals surface area (Å²) >= 11 is 0. The maximum atomic E-state index is 12.5. The maximum absolute atomic E-state index is 12.5. The number of hydrogen-bond donors (Lipinski definition) is 1. The molecule has 0 spiro atoms. The molecule has 3 rings (SSSR count). The van der Waals surface area contributed by atoms with Crippen LogP contribution in [0, 0.1) is 0 Å². The first kappa shape index (κ1) is 16.4. The maximum Gasteiger partial charge on any atom is 0.251 e. The Kier molecular flexibility index (Phi) is 5.65. The number of ether oxygens (including phenoxy) is 1. The van der Waals surface area contributed by atoms with Gasteiger partial charge in [-0.3, -0.25) is 9.69 Å². The molecule has 0 radical (unpaired) electrons. The normalized spacial score (nSPS) is 21.3. The summed E-state index contributed by atoms with van der Waals surface area (Å²) in [6.45, 7) is 6.54. The second-order valence-corrected chi connectivity index (χ2v) is 6.64. The highest BCUT2D eigenvalue weighted by molar-refractivity contribution is 5.94. The van der Waals surface area contributed by atoms with Crippen LogP contribution in [-0.2, 0) is 11.3 Å². The Hall–Kier alpha value is -1.43. The molecular weight excluding hydrogens is 290 g/mol. The number of hydrogen-bond acceptors (Lipinski definition) is 4. The molecule has 1 amide bonds. The number of carbonyl (C=O) groups excluding carboxylic acids is 1. The average Bonchev–Trinajstić information content (AvgIpc) is 2.58. The van der Waals surface area contributed by atoms with Crippen LogP contribution in [-0.4, -0.2) is 68.2 Å². The fourth-order valence-corrected chi connectivity index (χ4v) is 3.25. The van der Waals surface area contributed by atoms with Gasteiger partial charge in [-0.05, 0) is 50.7 Å². The minimum atomic E-state index is 0.0587. The minimum Gasteiger partial charge on any atom is -0.379 e. The van der Waals surface area contributed by atoms with Gasteiger partial charge in [-0.2, -0.15) is 0 Å². The average molecular weight is 317 g/mol. The fraction of sp³-hybridized carbons (Fsp3) is 0.611. The first-order valence-corrected chi connectivity index (χ1v) is 8.59. The van der Waals surface area contributed by atoms with E-state index in [4.69, 9.17) is 4.74 Å². The molecule has 1 N–H and O–H groups in total. The molecule has 2 saturated heterocycles. The summed E-state index contributed by atoms with van der Waals surface area (Å²) in [5.41, 5.74) is 1.97. The summed E-state index contributed by atoms with van der Waals surface area (Å²) in [4.78, 5) is 17.2. The molecule has 2 aliphatic rings. The number of benzene rings is 1. The van der Waals surface area contributed by atoms with Crippen molar-refractivity contribution in [2.45, 2.75) is 25.4 Å². The second-order valence-electron chi connectivity index (χ2n) is 6.64. The standard InChI is InChI=1S/C18H27N3O2/c1-20-7-5-17(6-8-20)19-18(22)16-4-2-3-15(13-16)14-21-9-11-23-12-10-21/h2-4,13,17H,5-12,14H2,1H3,(H,19,22). The number of morpholine rings is 1. The smallest absolute Gasteiger partial charge is 0.251 e. The van der Waals surface area contributed by atoms with Crippen LogP contribution in [0.15, 0.2) is 24.3 Å². The topological polar surface area (TPSA) is 44.8 Å². The molecule has 126 valence electrons. The zero-order valence-corrected chi connectivity index (χ0v) is 14.0. The van der Waals surface area contributed by atoms with Crippen LogP contribution < -0.4 is 5.32 Å². The number of rotatable bonds is 4. The van der Waals surface area contributed by atoms with E-state index in [2.05, 4.69) is 28.2 Å². The highest BCUT2D eigenvalue weighted by Gasteiger charge is 2.19. The van der Waals surface area contributed by atoms with Crippen molar-refractivity contribution in [1.82, 2.24) is 15.1 Å². The van der Waals surface area contributed by atoms with Gasteiger partial charge >= 0.3 is 0 Å². The third-order valence-corrected chi connectivity index (χ3v) is 4.75. The quantitative estimate of drug-likeness (QED) is 0.910. The summed E-state index contributed by atoms with van der Waals surface area (Å²) in [6.07, 6.45) is 2.07. The van der Waals surface area contributed by atoms with Gasteiger partial charge in [0, 0.05) is 31.2 Å². The number of carbonyl (C=O) groups is 1. The van der Waals surface area contributed by atoms with Crippen LogP contribution in [0.3, 0.4) is 0 Å². The molecule has 0 bridgehead atoms. The van der Waals surface area contributed by atoms with Crippen molar-refractivity contribution in [2.75, 3.05) is 46.4 Å². The molecular formula is C18H27N3O2. The lowest BCUT2D eigenvalue weighted by molar-refractivity contribution is 0.0342. The molecule has 1 aromatic carbocycles. The molecule has 5 nitrogen and oxygen atoms in total.